The highest BCUT2D eigenvalue weighted by atomic mass is 16.5. The van der Waals surface area contributed by atoms with Crippen LogP contribution in [-0.4, -0.2) is 10.6 Å². The molecule has 0 aliphatic carbocycles. The van der Waals surface area contributed by atoms with E-state index in [0.717, 1.165) is 11.3 Å². The number of nitrogens with zero attached hydrogens (tertiary/aromatic N) is 1. The molecule has 0 spiro atoms. The molecule has 0 amide bonds. The first-order valence-electron chi connectivity index (χ1n) is 6.75. The maximum atomic E-state index is 5.97. The highest BCUT2D eigenvalue weighted by molar-refractivity contribution is 5.87. The van der Waals surface area contributed by atoms with Crippen LogP contribution in [0, 0.1) is 0 Å². The third-order valence-electron chi connectivity index (χ3n) is 3.00. The molecule has 0 saturated heterocycles. The maximum Gasteiger partial charge on any atom is 0.221 e. The van der Waals surface area contributed by atoms with Crippen molar-refractivity contribution >= 4 is 10.8 Å². The van der Waals surface area contributed by atoms with Gasteiger partial charge in [0.2, 0.25) is 5.88 Å². The molecule has 1 aromatic heterocycles. The Kier molecular flexibility index (Phi) is 3.29. The van der Waals surface area contributed by atoms with Crippen molar-refractivity contribution in [1.82, 2.24) is 4.98 Å². The predicted octanol–water partition coefficient (Wildman–Crippen LogP) is 4.71. The van der Waals surface area contributed by atoms with Crippen LogP contribution in [0.1, 0.15) is 47.1 Å². The van der Waals surface area contributed by atoms with Crippen LogP contribution in [0.2, 0.25) is 0 Å². The fraction of sp³-hybridized carbons (Fsp3) is 0.471. The van der Waals surface area contributed by atoms with Crippen molar-refractivity contribution in [1.29, 1.82) is 0 Å². The van der Waals surface area contributed by atoms with E-state index in [4.69, 9.17) is 4.74 Å². The molecule has 19 heavy (non-hydrogen) atoms. The van der Waals surface area contributed by atoms with Gasteiger partial charge in [-0.3, -0.25) is 0 Å². The second kappa shape index (κ2) is 4.52. The van der Waals surface area contributed by atoms with Crippen LogP contribution in [-0.2, 0) is 5.41 Å². The Labute approximate surface area is 115 Å². The molecule has 0 saturated carbocycles. The zero-order valence-corrected chi connectivity index (χ0v) is 12.7. The van der Waals surface area contributed by atoms with Crippen LogP contribution in [0.5, 0.6) is 5.88 Å². The SMILES string of the molecule is CC(C)(C)Oc1nccc2ccc(C(C)(C)C)cc12. The molecule has 2 heteroatoms. The summed E-state index contributed by atoms with van der Waals surface area (Å²) in [7, 11) is 0. The number of aromatic nitrogens is 1. The Morgan fingerprint density at radius 2 is 1.63 bits per heavy atom. The van der Waals surface area contributed by atoms with Crippen molar-refractivity contribution in [2.75, 3.05) is 0 Å². The minimum atomic E-state index is -0.237. The maximum absolute atomic E-state index is 5.97. The lowest BCUT2D eigenvalue weighted by atomic mass is 9.86. The topological polar surface area (TPSA) is 22.1 Å². The smallest absolute Gasteiger partial charge is 0.221 e. The molecule has 0 aliphatic heterocycles. The van der Waals surface area contributed by atoms with Gasteiger partial charge in [-0.05, 0) is 49.3 Å². The lowest BCUT2D eigenvalue weighted by Gasteiger charge is -2.23. The minimum Gasteiger partial charge on any atom is -0.471 e. The quantitative estimate of drug-likeness (QED) is 0.738. The highest BCUT2D eigenvalue weighted by Gasteiger charge is 2.18. The van der Waals surface area contributed by atoms with Gasteiger partial charge in [0.25, 0.3) is 0 Å². The van der Waals surface area contributed by atoms with Gasteiger partial charge in [-0.1, -0.05) is 32.9 Å². The first kappa shape index (κ1) is 13.9. The van der Waals surface area contributed by atoms with E-state index in [2.05, 4.69) is 44.0 Å². The first-order valence-corrected chi connectivity index (χ1v) is 6.75. The lowest BCUT2D eigenvalue weighted by molar-refractivity contribution is 0.126. The molecule has 0 unspecified atom stereocenters. The van der Waals surface area contributed by atoms with Crippen LogP contribution in [0.3, 0.4) is 0 Å². The van der Waals surface area contributed by atoms with Gasteiger partial charge in [0.05, 0.1) is 0 Å². The van der Waals surface area contributed by atoms with Crippen molar-refractivity contribution in [3.05, 3.63) is 36.0 Å². The molecular formula is C17H23NO. The first-order chi connectivity index (χ1) is 8.67. The number of ether oxygens (including phenoxy) is 1. The van der Waals surface area contributed by atoms with E-state index >= 15 is 0 Å². The van der Waals surface area contributed by atoms with E-state index in [-0.39, 0.29) is 11.0 Å². The fourth-order valence-corrected chi connectivity index (χ4v) is 1.98. The average molecular weight is 257 g/mol. The Bertz CT molecular complexity index is 588. The monoisotopic (exact) mass is 257 g/mol. The molecule has 1 aromatic carbocycles. The van der Waals surface area contributed by atoms with Crippen molar-refractivity contribution < 1.29 is 4.74 Å². The molecule has 0 fully saturated rings. The second-order valence-electron chi connectivity index (χ2n) is 7.02. The number of fused-ring (bicyclic) bond motifs is 1. The van der Waals surface area contributed by atoms with Crippen LogP contribution < -0.4 is 4.74 Å². The molecule has 0 N–H and O–H groups in total. The summed E-state index contributed by atoms with van der Waals surface area (Å²) < 4.78 is 5.97. The Balaban J connectivity index is 2.59. The number of pyridine rings is 1. The molecule has 2 nitrogen and oxygen atoms in total. The van der Waals surface area contributed by atoms with Crippen molar-refractivity contribution in [2.45, 2.75) is 52.6 Å². The Morgan fingerprint density at radius 3 is 2.21 bits per heavy atom. The zero-order chi connectivity index (χ0) is 14.3. The van der Waals surface area contributed by atoms with Gasteiger partial charge in [0, 0.05) is 11.6 Å². The lowest BCUT2D eigenvalue weighted by Crippen LogP contribution is -2.23. The fourth-order valence-electron chi connectivity index (χ4n) is 1.98. The zero-order valence-electron chi connectivity index (χ0n) is 12.7. The van der Waals surface area contributed by atoms with E-state index in [1.807, 2.05) is 26.8 Å². The van der Waals surface area contributed by atoms with Crippen molar-refractivity contribution in [3.63, 3.8) is 0 Å². The van der Waals surface area contributed by atoms with Gasteiger partial charge in [0.1, 0.15) is 5.60 Å². The van der Waals surface area contributed by atoms with Gasteiger partial charge < -0.3 is 4.74 Å². The number of rotatable bonds is 1. The summed E-state index contributed by atoms with van der Waals surface area (Å²) in [5, 5.41) is 2.26. The van der Waals surface area contributed by atoms with Crippen molar-refractivity contribution in [2.24, 2.45) is 0 Å². The largest absolute Gasteiger partial charge is 0.471 e. The van der Waals surface area contributed by atoms with Gasteiger partial charge in [0.15, 0.2) is 0 Å². The molecule has 2 aromatic rings. The normalized spacial score (nSPS) is 12.7. The Morgan fingerprint density at radius 1 is 0.947 bits per heavy atom. The van der Waals surface area contributed by atoms with Crippen LogP contribution >= 0.6 is 0 Å². The van der Waals surface area contributed by atoms with Crippen LogP contribution in [0.4, 0.5) is 0 Å². The molecule has 102 valence electrons. The van der Waals surface area contributed by atoms with Gasteiger partial charge >= 0.3 is 0 Å². The van der Waals surface area contributed by atoms with Crippen LogP contribution in [0.25, 0.3) is 10.8 Å². The summed E-state index contributed by atoms with van der Waals surface area (Å²) in [6.45, 7) is 12.8. The highest BCUT2D eigenvalue weighted by Crippen LogP contribution is 2.31. The minimum absolute atomic E-state index is 0.128. The van der Waals surface area contributed by atoms with E-state index < -0.39 is 0 Å². The van der Waals surface area contributed by atoms with Gasteiger partial charge in [-0.25, -0.2) is 4.98 Å². The standard InChI is InChI=1S/C17H23NO/c1-16(2,3)13-8-7-12-9-10-18-15(14(12)11-13)19-17(4,5)6/h7-11H,1-6H3. The summed E-state index contributed by atoms with van der Waals surface area (Å²) in [6.07, 6.45) is 1.81. The third-order valence-corrected chi connectivity index (χ3v) is 3.00. The van der Waals surface area contributed by atoms with Crippen molar-refractivity contribution in [3.8, 4) is 5.88 Å². The summed E-state index contributed by atoms with van der Waals surface area (Å²) in [5.41, 5.74) is 1.19. The molecule has 0 atom stereocenters. The van der Waals surface area contributed by atoms with Gasteiger partial charge in [-0.15, -0.1) is 0 Å². The summed E-state index contributed by atoms with van der Waals surface area (Å²) in [5.74, 6) is 0.719. The third kappa shape index (κ3) is 3.25. The molecular weight excluding hydrogens is 234 g/mol. The van der Waals surface area contributed by atoms with E-state index in [1.165, 1.54) is 10.9 Å². The number of benzene rings is 1. The van der Waals surface area contributed by atoms with Crippen LogP contribution in [0.15, 0.2) is 30.5 Å². The second-order valence-corrected chi connectivity index (χ2v) is 7.02. The van der Waals surface area contributed by atoms with E-state index in [0.29, 0.717) is 0 Å². The average Bonchev–Trinajstić information content (AvgIpc) is 2.25. The number of hydrogen-bond acceptors (Lipinski definition) is 2. The van der Waals surface area contributed by atoms with E-state index in [9.17, 15) is 0 Å². The molecule has 0 radical (unpaired) electrons. The molecule has 0 bridgehead atoms. The summed E-state index contributed by atoms with van der Waals surface area (Å²) in [6, 6.07) is 8.55. The molecule has 1 heterocycles. The molecule has 0 aliphatic rings. The van der Waals surface area contributed by atoms with Gasteiger partial charge in [-0.2, -0.15) is 0 Å². The summed E-state index contributed by atoms with van der Waals surface area (Å²) in [4.78, 5) is 4.39. The molecule has 2 rings (SSSR count). The summed E-state index contributed by atoms with van der Waals surface area (Å²) >= 11 is 0. The number of hydrogen-bond donors (Lipinski definition) is 0. The predicted molar refractivity (Wildman–Crippen MR) is 80.8 cm³/mol. The van der Waals surface area contributed by atoms with E-state index in [1.54, 1.807) is 6.20 Å². The Hall–Kier alpha value is -1.57.